The number of aromatic amines is 1. The minimum Gasteiger partial charge on any atom is -0.244 e. The van der Waals surface area contributed by atoms with Gasteiger partial charge in [-0.25, -0.2) is 9.89 Å². The van der Waals surface area contributed by atoms with Crippen molar-refractivity contribution in [1.29, 1.82) is 0 Å². The number of H-pyrrole nitrogens is 1. The van der Waals surface area contributed by atoms with E-state index >= 15 is 0 Å². The van der Waals surface area contributed by atoms with Crippen LogP contribution in [0.25, 0.3) is 5.69 Å². The van der Waals surface area contributed by atoms with Gasteiger partial charge in [0.05, 0.1) is 5.69 Å². The standard InChI is InChI=1S/C9H9IN4O/c1-2-6-4-3-5-7(8(6)10)14-9(15)11-12-13-14/h3-5H,2H2,1H3,(H,11,13,15). The summed E-state index contributed by atoms with van der Waals surface area (Å²) < 4.78 is 2.30. The van der Waals surface area contributed by atoms with Gasteiger partial charge in [-0.15, -0.1) is 0 Å². The lowest BCUT2D eigenvalue weighted by molar-refractivity contribution is 0.775. The van der Waals surface area contributed by atoms with E-state index in [9.17, 15) is 4.79 Å². The van der Waals surface area contributed by atoms with Crippen molar-refractivity contribution >= 4 is 22.6 Å². The number of hydrogen-bond acceptors (Lipinski definition) is 3. The molecule has 78 valence electrons. The third-order valence-corrected chi connectivity index (χ3v) is 3.39. The molecule has 15 heavy (non-hydrogen) atoms. The van der Waals surface area contributed by atoms with E-state index in [-0.39, 0.29) is 5.69 Å². The Bertz CT molecular complexity index is 531. The molecule has 0 radical (unpaired) electrons. The second-order valence-electron chi connectivity index (χ2n) is 3.02. The Kier molecular flexibility index (Phi) is 2.85. The van der Waals surface area contributed by atoms with E-state index in [1.165, 1.54) is 10.2 Å². The molecule has 0 unspecified atom stereocenters. The molecule has 1 heterocycles. The Morgan fingerprint density at radius 3 is 2.93 bits per heavy atom. The molecular weight excluding hydrogens is 307 g/mol. The third-order valence-electron chi connectivity index (χ3n) is 2.14. The molecule has 5 nitrogen and oxygen atoms in total. The third kappa shape index (κ3) is 1.81. The second-order valence-corrected chi connectivity index (χ2v) is 4.10. The molecular formula is C9H9IN4O. The summed E-state index contributed by atoms with van der Waals surface area (Å²) in [6.07, 6.45) is 0.929. The lowest BCUT2D eigenvalue weighted by Crippen LogP contribution is -2.17. The highest BCUT2D eigenvalue weighted by atomic mass is 127. The number of nitrogens with one attached hydrogen (secondary N) is 1. The van der Waals surface area contributed by atoms with Crippen molar-refractivity contribution in [3.05, 3.63) is 37.8 Å². The van der Waals surface area contributed by atoms with Crippen LogP contribution in [-0.2, 0) is 6.42 Å². The monoisotopic (exact) mass is 316 g/mol. The fourth-order valence-corrected chi connectivity index (χ4v) is 2.33. The minimum atomic E-state index is -0.318. The number of halogens is 1. The zero-order valence-corrected chi connectivity index (χ0v) is 10.2. The first kappa shape index (κ1) is 10.3. The predicted octanol–water partition coefficient (Wildman–Crippen LogP) is 1.12. The van der Waals surface area contributed by atoms with Gasteiger partial charge < -0.3 is 0 Å². The zero-order chi connectivity index (χ0) is 10.8. The number of hydrogen-bond donors (Lipinski definition) is 1. The minimum absolute atomic E-state index is 0.318. The van der Waals surface area contributed by atoms with Crippen molar-refractivity contribution in [2.75, 3.05) is 0 Å². The van der Waals surface area contributed by atoms with Crippen LogP contribution in [-0.4, -0.2) is 20.2 Å². The number of nitrogens with zero attached hydrogens (tertiary/aromatic N) is 3. The molecule has 0 atom stereocenters. The Labute approximate surface area is 99.6 Å². The summed E-state index contributed by atoms with van der Waals surface area (Å²) in [7, 11) is 0. The normalized spacial score (nSPS) is 10.5. The van der Waals surface area contributed by atoms with Crippen molar-refractivity contribution in [3.63, 3.8) is 0 Å². The maximum absolute atomic E-state index is 11.4. The second kappa shape index (κ2) is 4.13. The zero-order valence-electron chi connectivity index (χ0n) is 8.07. The number of tetrazole rings is 1. The van der Waals surface area contributed by atoms with Crippen LogP contribution in [0.4, 0.5) is 0 Å². The Hall–Kier alpha value is -1.18. The van der Waals surface area contributed by atoms with Crippen molar-refractivity contribution in [3.8, 4) is 5.69 Å². The Morgan fingerprint density at radius 1 is 1.53 bits per heavy atom. The quantitative estimate of drug-likeness (QED) is 0.845. The highest BCUT2D eigenvalue weighted by Gasteiger charge is 2.09. The smallest absolute Gasteiger partial charge is 0.244 e. The molecule has 1 aromatic carbocycles. The van der Waals surface area contributed by atoms with Crippen molar-refractivity contribution in [2.45, 2.75) is 13.3 Å². The number of benzene rings is 1. The van der Waals surface area contributed by atoms with Gasteiger partial charge in [0.2, 0.25) is 0 Å². The van der Waals surface area contributed by atoms with Crippen LogP contribution in [0, 0.1) is 3.57 Å². The first-order valence-electron chi connectivity index (χ1n) is 4.52. The van der Waals surface area contributed by atoms with Crippen LogP contribution >= 0.6 is 22.6 Å². The van der Waals surface area contributed by atoms with Gasteiger partial charge in [0.25, 0.3) is 0 Å². The molecule has 2 rings (SSSR count). The molecule has 6 heteroatoms. The highest BCUT2D eigenvalue weighted by Crippen LogP contribution is 2.19. The van der Waals surface area contributed by atoms with Crippen LogP contribution in [0.5, 0.6) is 0 Å². The summed E-state index contributed by atoms with van der Waals surface area (Å²) in [6.45, 7) is 2.08. The molecule has 0 saturated heterocycles. The molecule has 0 amide bonds. The van der Waals surface area contributed by atoms with Crippen LogP contribution in [0.1, 0.15) is 12.5 Å². The maximum atomic E-state index is 11.4. The SMILES string of the molecule is CCc1cccc(-n2nn[nH]c2=O)c1I. The fourth-order valence-electron chi connectivity index (χ4n) is 1.36. The van der Waals surface area contributed by atoms with E-state index in [2.05, 4.69) is 45.0 Å². The molecule has 0 aliphatic rings. The number of aromatic nitrogens is 4. The van der Waals surface area contributed by atoms with Crippen LogP contribution in [0.3, 0.4) is 0 Å². The molecule has 0 spiro atoms. The van der Waals surface area contributed by atoms with Gasteiger partial charge in [-0.1, -0.05) is 19.1 Å². The fraction of sp³-hybridized carbons (Fsp3) is 0.222. The molecule has 0 bridgehead atoms. The molecule has 1 N–H and O–H groups in total. The van der Waals surface area contributed by atoms with Gasteiger partial charge in [0.15, 0.2) is 0 Å². The van der Waals surface area contributed by atoms with E-state index in [4.69, 9.17) is 0 Å². The number of rotatable bonds is 2. The van der Waals surface area contributed by atoms with E-state index in [1.54, 1.807) is 0 Å². The lowest BCUT2D eigenvalue weighted by Gasteiger charge is -2.06. The molecule has 0 saturated carbocycles. The average Bonchev–Trinajstić information content (AvgIpc) is 2.65. The van der Waals surface area contributed by atoms with E-state index in [0.717, 1.165) is 15.7 Å². The molecule has 0 fully saturated rings. The molecule has 0 aliphatic carbocycles. The van der Waals surface area contributed by atoms with Gasteiger partial charge in [0, 0.05) is 3.57 Å². The summed E-state index contributed by atoms with van der Waals surface area (Å²) >= 11 is 2.22. The first-order chi connectivity index (χ1) is 7.24. The summed E-state index contributed by atoms with van der Waals surface area (Å²) in [6, 6.07) is 5.80. The Morgan fingerprint density at radius 2 is 2.33 bits per heavy atom. The van der Waals surface area contributed by atoms with Crippen LogP contribution in [0.15, 0.2) is 23.0 Å². The van der Waals surface area contributed by atoms with E-state index in [1.807, 2.05) is 18.2 Å². The largest absolute Gasteiger partial charge is 0.365 e. The molecule has 2 aromatic rings. The predicted molar refractivity (Wildman–Crippen MR) is 64.1 cm³/mol. The lowest BCUT2D eigenvalue weighted by atomic mass is 10.1. The van der Waals surface area contributed by atoms with Crippen LogP contribution < -0.4 is 5.69 Å². The highest BCUT2D eigenvalue weighted by molar-refractivity contribution is 14.1. The summed E-state index contributed by atoms with van der Waals surface area (Å²) in [5, 5.41) is 9.46. The van der Waals surface area contributed by atoms with Crippen molar-refractivity contribution < 1.29 is 0 Å². The molecule has 1 aromatic heterocycles. The van der Waals surface area contributed by atoms with E-state index < -0.39 is 0 Å². The van der Waals surface area contributed by atoms with E-state index in [0.29, 0.717) is 0 Å². The van der Waals surface area contributed by atoms with Gasteiger partial charge in [0.1, 0.15) is 0 Å². The van der Waals surface area contributed by atoms with Gasteiger partial charge in [-0.3, -0.25) is 0 Å². The number of aryl methyl sites for hydroxylation is 1. The topological polar surface area (TPSA) is 63.6 Å². The summed E-state index contributed by atoms with van der Waals surface area (Å²) in [5.74, 6) is 0. The summed E-state index contributed by atoms with van der Waals surface area (Å²) in [4.78, 5) is 11.4. The van der Waals surface area contributed by atoms with Gasteiger partial charge >= 0.3 is 5.69 Å². The van der Waals surface area contributed by atoms with Crippen molar-refractivity contribution in [2.24, 2.45) is 0 Å². The maximum Gasteiger partial charge on any atom is 0.365 e. The average molecular weight is 316 g/mol. The summed E-state index contributed by atoms with van der Waals surface area (Å²) in [5.41, 5.74) is 1.65. The van der Waals surface area contributed by atoms with Gasteiger partial charge in [-0.05, 0) is 51.1 Å². The molecule has 0 aliphatic heterocycles. The van der Waals surface area contributed by atoms with Gasteiger partial charge in [-0.2, -0.15) is 4.68 Å². The van der Waals surface area contributed by atoms with Crippen molar-refractivity contribution in [1.82, 2.24) is 20.2 Å². The first-order valence-corrected chi connectivity index (χ1v) is 5.60. The Balaban J connectivity index is 2.64. The van der Waals surface area contributed by atoms with Crippen LogP contribution in [0.2, 0.25) is 0 Å².